The van der Waals surface area contributed by atoms with E-state index in [4.69, 9.17) is 0 Å². The molecular formula is C17H17N5O3. The van der Waals surface area contributed by atoms with Crippen LogP contribution < -0.4 is 5.32 Å². The molecule has 8 heteroatoms. The van der Waals surface area contributed by atoms with Gasteiger partial charge in [0, 0.05) is 19.3 Å². The zero-order valence-corrected chi connectivity index (χ0v) is 13.8. The van der Waals surface area contributed by atoms with Crippen LogP contribution in [-0.2, 0) is 13.6 Å². The van der Waals surface area contributed by atoms with Crippen LogP contribution in [0.1, 0.15) is 32.0 Å². The van der Waals surface area contributed by atoms with Crippen molar-refractivity contribution in [1.29, 1.82) is 0 Å². The Balaban J connectivity index is 1.75. The first kappa shape index (κ1) is 16.4. The molecule has 0 aliphatic carbocycles. The number of amides is 1. The average Bonchev–Trinajstić information content (AvgIpc) is 3.16. The van der Waals surface area contributed by atoms with Gasteiger partial charge in [-0.3, -0.25) is 14.2 Å². The molecule has 1 aromatic carbocycles. The Morgan fingerprint density at radius 1 is 1.24 bits per heavy atom. The highest BCUT2D eigenvalue weighted by Gasteiger charge is 2.22. The SMILES string of the molecule is Cc1ccccc1Cn1ccc(NC(=O)c2cnn(C)c2C(=O)O)n1. The number of nitrogens with one attached hydrogen (secondary N) is 1. The molecule has 0 bridgehead atoms. The molecule has 1 amide bonds. The second-order valence-electron chi connectivity index (χ2n) is 5.61. The molecule has 8 nitrogen and oxygen atoms in total. The maximum absolute atomic E-state index is 12.3. The summed E-state index contributed by atoms with van der Waals surface area (Å²) in [6, 6.07) is 9.64. The van der Waals surface area contributed by atoms with Gasteiger partial charge in [0.1, 0.15) is 0 Å². The first-order valence-electron chi connectivity index (χ1n) is 7.60. The van der Waals surface area contributed by atoms with E-state index in [1.54, 1.807) is 16.9 Å². The fourth-order valence-electron chi connectivity index (χ4n) is 2.52. The lowest BCUT2D eigenvalue weighted by Crippen LogP contribution is -2.17. The van der Waals surface area contributed by atoms with Crippen LogP contribution in [0.3, 0.4) is 0 Å². The second-order valence-corrected chi connectivity index (χ2v) is 5.61. The number of anilines is 1. The van der Waals surface area contributed by atoms with Gasteiger partial charge in [-0.1, -0.05) is 24.3 Å². The molecule has 2 heterocycles. The predicted molar refractivity (Wildman–Crippen MR) is 90.6 cm³/mol. The number of aromatic nitrogens is 4. The summed E-state index contributed by atoms with van der Waals surface area (Å²) in [7, 11) is 1.47. The Hall–Kier alpha value is -3.42. The van der Waals surface area contributed by atoms with Gasteiger partial charge in [-0.25, -0.2) is 4.79 Å². The van der Waals surface area contributed by atoms with E-state index in [0.29, 0.717) is 12.4 Å². The van der Waals surface area contributed by atoms with E-state index in [9.17, 15) is 14.7 Å². The topological polar surface area (TPSA) is 102 Å². The molecule has 25 heavy (non-hydrogen) atoms. The molecule has 0 aliphatic heterocycles. The van der Waals surface area contributed by atoms with Gasteiger partial charge in [-0.2, -0.15) is 10.2 Å². The summed E-state index contributed by atoms with van der Waals surface area (Å²) < 4.78 is 2.85. The molecule has 0 fully saturated rings. The van der Waals surface area contributed by atoms with E-state index in [0.717, 1.165) is 15.8 Å². The van der Waals surface area contributed by atoms with Gasteiger partial charge in [0.25, 0.3) is 5.91 Å². The molecule has 0 saturated carbocycles. The highest BCUT2D eigenvalue weighted by atomic mass is 16.4. The molecule has 0 radical (unpaired) electrons. The number of hydrogen-bond acceptors (Lipinski definition) is 4. The summed E-state index contributed by atoms with van der Waals surface area (Å²) in [6.07, 6.45) is 2.98. The van der Waals surface area contributed by atoms with Gasteiger partial charge in [-0.15, -0.1) is 0 Å². The number of aromatic carboxylic acids is 1. The third-order valence-corrected chi connectivity index (χ3v) is 3.86. The number of carbonyl (C=O) groups is 2. The molecule has 0 saturated heterocycles. The van der Waals surface area contributed by atoms with Crippen LogP contribution in [0.2, 0.25) is 0 Å². The van der Waals surface area contributed by atoms with Crippen molar-refractivity contribution in [1.82, 2.24) is 19.6 Å². The van der Waals surface area contributed by atoms with Crippen molar-refractivity contribution in [3.63, 3.8) is 0 Å². The van der Waals surface area contributed by atoms with Gasteiger partial charge >= 0.3 is 5.97 Å². The number of carboxylic acids is 1. The van der Waals surface area contributed by atoms with Crippen molar-refractivity contribution in [3.05, 3.63) is 65.1 Å². The number of carboxylic acid groups (broad SMARTS) is 1. The molecule has 2 aromatic heterocycles. The average molecular weight is 339 g/mol. The molecule has 3 rings (SSSR count). The molecule has 3 aromatic rings. The lowest BCUT2D eigenvalue weighted by atomic mass is 10.1. The van der Waals surface area contributed by atoms with Crippen molar-refractivity contribution < 1.29 is 14.7 Å². The number of aryl methyl sites for hydroxylation is 2. The molecule has 0 aliphatic rings. The summed E-state index contributed by atoms with van der Waals surface area (Å²) in [5.74, 6) is -1.43. The van der Waals surface area contributed by atoms with Gasteiger partial charge in [0.2, 0.25) is 0 Å². The molecule has 128 valence electrons. The fraction of sp³-hybridized carbons (Fsp3) is 0.176. The van der Waals surface area contributed by atoms with Crippen LogP contribution in [-0.4, -0.2) is 36.5 Å². The smallest absolute Gasteiger partial charge is 0.354 e. The zero-order valence-electron chi connectivity index (χ0n) is 13.8. The lowest BCUT2D eigenvalue weighted by Gasteiger charge is -2.05. The van der Waals surface area contributed by atoms with Crippen LogP contribution in [0.5, 0.6) is 0 Å². The number of nitrogens with zero attached hydrogens (tertiary/aromatic N) is 4. The maximum Gasteiger partial charge on any atom is 0.354 e. The number of carbonyl (C=O) groups excluding carboxylic acids is 1. The predicted octanol–water partition coefficient (Wildman–Crippen LogP) is 1.92. The van der Waals surface area contributed by atoms with Gasteiger partial charge < -0.3 is 10.4 Å². The fourth-order valence-corrected chi connectivity index (χ4v) is 2.52. The Morgan fingerprint density at radius 2 is 2.00 bits per heavy atom. The lowest BCUT2D eigenvalue weighted by molar-refractivity contribution is 0.0680. The minimum absolute atomic E-state index is 0.0107. The number of rotatable bonds is 5. The first-order valence-corrected chi connectivity index (χ1v) is 7.60. The monoisotopic (exact) mass is 339 g/mol. The summed E-state index contributed by atoms with van der Waals surface area (Å²) >= 11 is 0. The van der Waals surface area contributed by atoms with Crippen molar-refractivity contribution >= 4 is 17.7 Å². The van der Waals surface area contributed by atoms with Crippen LogP contribution in [0.15, 0.2) is 42.7 Å². The third kappa shape index (κ3) is 3.42. The van der Waals surface area contributed by atoms with E-state index < -0.39 is 11.9 Å². The summed E-state index contributed by atoms with van der Waals surface area (Å²) in [5.41, 5.74) is 2.11. The largest absolute Gasteiger partial charge is 0.477 e. The molecule has 0 atom stereocenters. The van der Waals surface area contributed by atoms with E-state index in [1.165, 1.54) is 13.2 Å². The Kier molecular flexibility index (Phi) is 4.34. The summed E-state index contributed by atoms with van der Waals surface area (Å²) in [5, 5.41) is 19.9. The van der Waals surface area contributed by atoms with Gasteiger partial charge in [0.05, 0.1) is 18.3 Å². The summed E-state index contributed by atoms with van der Waals surface area (Å²) in [6.45, 7) is 2.60. The van der Waals surface area contributed by atoms with E-state index in [-0.39, 0.29) is 11.3 Å². The molecule has 2 N–H and O–H groups in total. The molecule has 0 spiro atoms. The minimum atomic E-state index is -1.21. The van der Waals surface area contributed by atoms with E-state index in [2.05, 4.69) is 15.5 Å². The minimum Gasteiger partial charge on any atom is -0.477 e. The highest BCUT2D eigenvalue weighted by molar-refractivity contribution is 6.09. The Labute approximate surface area is 143 Å². The van der Waals surface area contributed by atoms with Crippen molar-refractivity contribution in [2.24, 2.45) is 7.05 Å². The van der Waals surface area contributed by atoms with E-state index in [1.807, 2.05) is 31.2 Å². The van der Waals surface area contributed by atoms with Crippen LogP contribution >= 0.6 is 0 Å². The Bertz CT molecular complexity index is 941. The number of hydrogen-bond donors (Lipinski definition) is 2. The first-order chi connectivity index (χ1) is 12.0. The van der Waals surface area contributed by atoms with E-state index >= 15 is 0 Å². The third-order valence-electron chi connectivity index (χ3n) is 3.86. The van der Waals surface area contributed by atoms with Crippen molar-refractivity contribution in [2.45, 2.75) is 13.5 Å². The molecular weight excluding hydrogens is 322 g/mol. The quantitative estimate of drug-likeness (QED) is 0.739. The maximum atomic E-state index is 12.3. The van der Waals surface area contributed by atoms with Crippen molar-refractivity contribution in [2.75, 3.05) is 5.32 Å². The standard InChI is InChI=1S/C17H17N5O3/c1-11-5-3-4-6-12(11)10-22-8-7-14(20-22)19-16(23)13-9-18-21(2)15(13)17(24)25/h3-9H,10H2,1-2H3,(H,24,25)(H,19,20,23). The van der Waals surface area contributed by atoms with Gasteiger partial charge in [0.15, 0.2) is 11.5 Å². The van der Waals surface area contributed by atoms with Crippen LogP contribution in [0.25, 0.3) is 0 Å². The van der Waals surface area contributed by atoms with Gasteiger partial charge in [-0.05, 0) is 18.1 Å². The van der Waals surface area contributed by atoms with Crippen LogP contribution in [0, 0.1) is 6.92 Å². The number of benzene rings is 1. The highest BCUT2D eigenvalue weighted by Crippen LogP contribution is 2.13. The van der Waals surface area contributed by atoms with Crippen molar-refractivity contribution in [3.8, 4) is 0 Å². The Morgan fingerprint density at radius 3 is 2.72 bits per heavy atom. The second kappa shape index (κ2) is 6.60. The zero-order chi connectivity index (χ0) is 18.0. The van der Waals surface area contributed by atoms with Crippen LogP contribution in [0.4, 0.5) is 5.82 Å². The normalized spacial score (nSPS) is 10.6. The summed E-state index contributed by atoms with van der Waals surface area (Å²) in [4.78, 5) is 23.5. The molecule has 0 unspecified atom stereocenters.